The molecular formula is C16H30IN5S. The van der Waals surface area contributed by atoms with Crippen molar-refractivity contribution in [1.82, 2.24) is 20.5 Å². The average Bonchev–Trinajstić information content (AvgIpc) is 3.18. The van der Waals surface area contributed by atoms with Crippen LogP contribution in [0.15, 0.2) is 10.4 Å². The summed E-state index contributed by atoms with van der Waals surface area (Å²) in [6.07, 6.45) is 3.89. The number of nitrogens with one attached hydrogen (secondary N) is 2. The molecule has 1 aromatic rings. The van der Waals surface area contributed by atoms with Gasteiger partial charge in [-0.1, -0.05) is 13.8 Å². The normalized spacial score (nSPS) is 15.7. The number of thiazole rings is 1. The number of hydrogen-bond acceptors (Lipinski definition) is 4. The fraction of sp³-hybridized carbons (Fsp3) is 0.750. The summed E-state index contributed by atoms with van der Waals surface area (Å²) in [4.78, 5) is 11.4. The Morgan fingerprint density at radius 2 is 2.09 bits per heavy atom. The monoisotopic (exact) mass is 451 g/mol. The third-order valence-corrected chi connectivity index (χ3v) is 4.80. The lowest BCUT2D eigenvalue weighted by atomic mass is 10.2. The molecule has 1 aromatic heterocycles. The molecule has 0 bridgehead atoms. The van der Waals surface area contributed by atoms with E-state index < -0.39 is 0 Å². The van der Waals surface area contributed by atoms with Gasteiger partial charge in [0.15, 0.2) is 5.96 Å². The molecule has 1 aliphatic rings. The number of aromatic nitrogens is 1. The largest absolute Gasteiger partial charge is 0.356 e. The molecule has 2 rings (SSSR count). The van der Waals surface area contributed by atoms with Gasteiger partial charge in [-0.05, 0) is 44.8 Å². The molecule has 2 heterocycles. The molecule has 7 heteroatoms. The zero-order chi connectivity index (χ0) is 15.8. The van der Waals surface area contributed by atoms with E-state index in [9.17, 15) is 0 Å². The predicted octanol–water partition coefficient (Wildman–Crippen LogP) is 3.04. The van der Waals surface area contributed by atoms with E-state index in [-0.39, 0.29) is 24.0 Å². The number of guanidine groups is 1. The minimum Gasteiger partial charge on any atom is -0.356 e. The first-order chi connectivity index (χ1) is 10.7. The molecule has 132 valence electrons. The first-order valence-electron chi connectivity index (χ1n) is 8.30. The molecule has 0 amide bonds. The van der Waals surface area contributed by atoms with Crippen LogP contribution in [0.25, 0.3) is 0 Å². The number of aliphatic imine (C=N–C) groups is 1. The molecule has 1 fully saturated rings. The van der Waals surface area contributed by atoms with E-state index in [0.717, 1.165) is 30.5 Å². The smallest absolute Gasteiger partial charge is 0.191 e. The van der Waals surface area contributed by atoms with E-state index in [1.807, 2.05) is 7.05 Å². The van der Waals surface area contributed by atoms with Gasteiger partial charge >= 0.3 is 0 Å². The molecule has 0 unspecified atom stereocenters. The predicted molar refractivity (Wildman–Crippen MR) is 110 cm³/mol. The van der Waals surface area contributed by atoms with Crippen molar-refractivity contribution in [3.63, 3.8) is 0 Å². The van der Waals surface area contributed by atoms with Crippen molar-refractivity contribution in [1.29, 1.82) is 0 Å². The third kappa shape index (κ3) is 7.34. The fourth-order valence-electron chi connectivity index (χ4n) is 2.57. The van der Waals surface area contributed by atoms with Crippen LogP contribution in [0, 0.1) is 0 Å². The van der Waals surface area contributed by atoms with E-state index in [0.29, 0.717) is 5.92 Å². The van der Waals surface area contributed by atoms with E-state index in [2.05, 4.69) is 44.7 Å². The van der Waals surface area contributed by atoms with Crippen molar-refractivity contribution < 1.29 is 0 Å². The number of hydrogen-bond donors (Lipinski definition) is 2. The number of halogens is 1. The van der Waals surface area contributed by atoms with Gasteiger partial charge in [-0.25, -0.2) is 4.98 Å². The first kappa shape index (κ1) is 20.6. The molecule has 2 N–H and O–H groups in total. The Kier molecular flexibility index (Phi) is 10.0. The van der Waals surface area contributed by atoms with Crippen LogP contribution < -0.4 is 10.6 Å². The summed E-state index contributed by atoms with van der Waals surface area (Å²) in [5.74, 6) is 1.36. The van der Waals surface area contributed by atoms with Crippen LogP contribution in [-0.4, -0.2) is 49.1 Å². The van der Waals surface area contributed by atoms with Crippen LogP contribution >= 0.6 is 35.3 Å². The summed E-state index contributed by atoms with van der Waals surface area (Å²) < 4.78 is 0. The maximum absolute atomic E-state index is 4.63. The molecular weight excluding hydrogens is 421 g/mol. The Labute approximate surface area is 161 Å². The van der Waals surface area contributed by atoms with Crippen LogP contribution in [0.4, 0.5) is 0 Å². The van der Waals surface area contributed by atoms with Crippen LogP contribution in [0.5, 0.6) is 0 Å². The average molecular weight is 451 g/mol. The highest BCUT2D eigenvalue weighted by Crippen LogP contribution is 2.17. The van der Waals surface area contributed by atoms with Crippen LogP contribution in [-0.2, 0) is 6.54 Å². The lowest BCUT2D eigenvalue weighted by Gasteiger charge is -2.15. The minimum atomic E-state index is 0. The van der Waals surface area contributed by atoms with Gasteiger partial charge in [-0.2, -0.15) is 0 Å². The minimum absolute atomic E-state index is 0. The van der Waals surface area contributed by atoms with Gasteiger partial charge < -0.3 is 15.5 Å². The van der Waals surface area contributed by atoms with Crippen LogP contribution in [0.2, 0.25) is 0 Å². The Balaban J connectivity index is 0.00000264. The van der Waals surface area contributed by atoms with Gasteiger partial charge in [-0.3, -0.25) is 4.99 Å². The standard InChI is InChI=1S/C16H29N5S.HI/c1-13(2)14-12-22-15(20-14)11-19-16(17-3)18-7-6-10-21-8-4-5-9-21;/h12-13H,4-11H2,1-3H3,(H2,17,18,19);1H. The van der Waals surface area contributed by atoms with Gasteiger partial charge in [0.2, 0.25) is 0 Å². The number of nitrogens with zero attached hydrogens (tertiary/aromatic N) is 3. The molecule has 0 saturated carbocycles. The molecule has 0 atom stereocenters. The second-order valence-corrected chi connectivity index (χ2v) is 7.02. The zero-order valence-electron chi connectivity index (χ0n) is 14.5. The molecule has 0 radical (unpaired) electrons. The molecule has 0 aliphatic carbocycles. The zero-order valence-corrected chi connectivity index (χ0v) is 17.6. The summed E-state index contributed by atoms with van der Waals surface area (Å²) in [5.41, 5.74) is 1.18. The highest BCUT2D eigenvalue weighted by Gasteiger charge is 2.10. The maximum atomic E-state index is 4.63. The summed E-state index contributed by atoms with van der Waals surface area (Å²) >= 11 is 1.71. The second-order valence-electron chi connectivity index (χ2n) is 6.08. The van der Waals surface area contributed by atoms with Crippen molar-refractivity contribution in [2.24, 2.45) is 4.99 Å². The summed E-state index contributed by atoms with van der Waals surface area (Å²) in [6.45, 7) is 9.79. The van der Waals surface area contributed by atoms with Crippen molar-refractivity contribution in [2.45, 2.75) is 45.6 Å². The van der Waals surface area contributed by atoms with Crippen molar-refractivity contribution in [3.05, 3.63) is 16.1 Å². The van der Waals surface area contributed by atoms with Gasteiger partial charge in [0.25, 0.3) is 0 Å². The number of likely N-dealkylation sites (tertiary alicyclic amines) is 1. The Bertz CT molecular complexity index is 469. The molecule has 0 spiro atoms. The second kappa shape index (κ2) is 11.2. The quantitative estimate of drug-likeness (QED) is 0.290. The molecule has 23 heavy (non-hydrogen) atoms. The Morgan fingerprint density at radius 1 is 1.35 bits per heavy atom. The van der Waals surface area contributed by atoms with Gasteiger partial charge in [0.1, 0.15) is 5.01 Å². The highest BCUT2D eigenvalue weighted by atomic mass is 127. The van der Waals surface area contributed by atoms with Gasteiger partial charge in [0.05, 0.1) is 12.2 Å². The van der Waals surface area contributed by atoms with Gasteiger partial charge in [-0.15, -0.1) is 35.3 Å². The van der Waals surface area contributed by atoms with Crippen molar-refractivity contribution in [2.75, 3.05) is 33.2 Å². The van der Waals surface area contributed by atoms with Crippen LogP contribution in [0.3, 0.4) is 0 Å². The van der Waals surface area contributed by atoms with Gasteiger partial charge in [0, 0.05) is 19.0 Å². The van der Waals surface area contributed by atoms with E-state index in [1.54, 1.807) is 11.3 Å². The fourth-order valence-corrected chi connectivity index (χ4v) is 3.46. The molecule has 1 aliphatic heterocycles. The topological polar surface area (TPSA) is 52.6 Å². The first-order valence-corrected chi connectivity index (χ1v) is 9.18. The summed E-state index contributed by atoms with van der Waals surface area (Å²) in [6, 6.07) is 0. The summed E-state index contributed by atoms with van der Waals surface area (Å²) in [5, 5.41) is 9.98. The molecule has 0 aromatic carbocycles. The van der Waals surface area contributed by atoms with E-state index in [1.165, 1.54) is 38.2 Å². The van der Waals surface area contributed by atoms with Crippen molar-refractivity contribution in [3.8, 4) is 0 Å². The highest BCUT2D eigenvalue weighted by molar-refractivity contribution is 14.0. The molecule has 1 saturated heterocycles. The Hall–Kier alpha value is -0.410. The number of rotatable bonds is 7. The Morgan fingerprint density at radius 3 is 2.70 bits per heavy atom. The third-order valence-electron chi connectivity index (χ3n) is 3.93. The van der Waals surface area contributed by atoms with E-state index in [4.69, 9.17) is 0 Å². The SMILES string of the molecule is CN=C(NCCCN1CCCC1)NCc1nc(C(C)C)cs1.I. The summed E-state index contributed by atoms with van der Waals surface area (Å²) in [7, 11) is 1.82. The molecule has 5 nitrogen and oxygen atoms in total. The maximum Gasteiger partial charge on any atom is 0.191 e. The lowest BCUT2D eigenvalue weighted by Crippen LogP contribution is -2.38. The van der Waals surface area contributed by atoms with E-state index >= 15 is 0 Å². The van der Waals surface area contributed by atoms with Crippen molar-refractivity contribution >= 4 is 41.3 Å². The van der Waals surface area contributed by atoms with Crippen LogP contribution in [0.1, 0.15) is 49.7 Å². The lowest BCUT2D eigenvalue weighted by molar-refractivity contribution is 0.334.